The highest BCUT2D eigenvalue weighted by molar-refractivity contribution is 6.10. The van der Waals surface area contributed by atoms with E-state index in [9.17, 15) is 9.59 Å². The van der Waals surface area contributed by atoms with E-state index in [0.717, 1.165) is 21.5 Å². The van der Waals surface area contributed by atoms with Crippen molar-refractivity contribution in [1.29, 1.82) is 0 Å². The molecule has 4 aromatic rings. The number of ether oxygens (including phenoxy) is 3. The highest BCUT2D eigenvalue weighted by Gasteiger charge is 2.27. The lowest BCUT2D eigenvalue weighted by molar-refractivity contribution is -0.142. The van der Waals surface area contributed by atoms with Crippen LogP contribution >= 0.6 is 0 Å². The summed E-state index contributed by atoms with van der Waals surface area (Å²) in [6, 6.07) is 23.0. The van der Waals surface area contributed by atoms with Gasteiger partial charge in [0.15, 0.2) is 0 Å². The average Bonchev–Trinajstić information content (AvgIpc) is 2.79. The minimum absolute atomic E-state index is 0.199. The molecule has 4 aromatic carbocycles. The third kappa shape index (κ3) is 4.53. The van der Waals surface area contributed by atoms with Gasteiger partial charge in [-0.15, -0.1) is 0 Å². The Bertz CT molecular complexity index is 1350. The molecule has 0 radical (unpaired) electrons. The second-order valence-corrected chi connectivity index (χ2v) is 8.74. The summed E-state index contributed by atoms with van der Waals surface area (Å²) in [6.07, 6.45) is -0.789. The van der Waals surface area contributed by atoms with Crippen LogP contribution < -0.4 is 9.47 Å². The van der Waals surface area contributed by atoms with Crippen molar-refractivity contribution in [3.05, 3.63) is 72.8 Å². The summed E-state index contributed by atoms with van der Waals surface area (Å²) in [7, 11) is 0. The van der Waals surface area contributed by atoms with Crippen molar-refractivity contribution in [3.8, 4) is 22.6 Å². The molecule has 0 saturated heterocycles. The molecule has 0 aliphatic carbocycles. The van der Waals surface area contributed by atoms with Gasteiger partial charge in [-0.3, -0.25) is 4.79 Å². The van der Waals surface area contributed by atoms with Gasteiger partial charge >= 0.3 is 12.1 Å². The van der Waals surface area contributed by atoms with Gasteiger partial charge < -0.3 is 14.2 Å². The van der Waals surface area contributed by atoms with Gasteiger partial charge in [-0.05, 0) is 61.4 Å². The van der Waals surface area contributed by atoms with E-state index in [4.69, 9.17) is 14.2 Å². The summed E-state index contributed by atoms with van der Waals surface area (Å²) in [4.78, 5) is 25.1. The summed E-state index contributed by atoms with van der Waals surface area (Å²) in [5.41, 5.74) is 0.655. The quantitative estimate of drug-likeness (QED) is 0.191. The number of fused-ring (bicyclic) bond motifs is 2. The van der Waals surface area contributed by atoms with Crippen molar-refractivity contribution in [3.63, 3.8) is 0 Å². The first kappa shape index (κ1) is 22.3. The van der Waals surface area contributed by atoms with Gasteiger partial charge in [0.25, 0.3) is 0 Å². The predicted octanol–water partition coefficient (Wildman–Crippen LogP) is 7.15. The summed E-state index contributed by atoms with van der Waals surface area (Å²) < 4.78 is 16.6. The molecule has 0 heterocycles. The number of hydrogen-bond donors (Lipinski definition) is 0. The minimum atomic E-state index is -0.789. The average molecular weight is 443 g/mol. The molecule has 0 unspecified atom stereocenters. The van der Waals surface area contributed by atoms with Crippen molar-refractivity contribution in [1.82, 2.24) is 0 Å². The van der Waals surface area contributed by atoms with Crippen LogP contribution in [0.1, 0.15) is 27.7 Å². The number of esters is 1. The van der Waals surface area contributed by atoms with Crippen LogP contribution in [-0.4, -0.2) is 18.7 Å². The van der Waals surface area contributed by atoms with Gasteiger partial charge in [-0.1, -0.05) is 60.7 Å². The van der Waals surface area contributed by atoms with Crippen LogP contribution in [0.15, 0.2) is 72.8 Å². The molecule has 0 amide bonds. The summed E-state index contributed by atoms with van der Waals surface area (Å²) in [5.74, 6) is 0.377. The maximum absolute atomic E-state index is 12.8. The van der Waals surface area contributed by atoms with Crippen molar-refractivity contribution in [2.45, 2.75) is 27.7 Å². The van der Waals surface area contributed by atoms with Gasteiger partial charge in [-0.2, -0.15) is 0 Å². The lowest BCUT2D eigenvalue weighted by atomic mass is 9.92. The Morgan fingerprint density at radius 1 is 0.697 bits per heavy atom. The van der Waals surface area contributed by atoms with Crippen LogP contribution in [0.3, 0.4) is 0 Å². The van der Waals surface area contributed by atoms with Crippen molar-refractivity contribution >= 4 is 33.7 Å². The fourth-order valence-corrected chi connectivity index (χ4v) is 3.68. The Kier molecular flexibility index (Phi) is 6.05. The van der Waals surface area contributed by atoms with Gasteiger partial charge in [0.2, 0.25) is 0 Å². The van der Waals surface area contributed by atoms with Crippen LogP contribution in [0.5, 0.6) is 11.5 Å². The molecule has 168 valence electrons. The molecule has 0 aliphatic rings. The van der Waals surface area contributed by atoms with E-state index in [-0.39, 0.29) is 12.6 Å². The molecule has 5 heteroatoms. The molecule has 0 saturated carbocycles. The largest absolute Gasteiger partial charge is 0.513 e. The lowest BCUT2D eigenvalue weighted by Crippen LogP contribution is -2.25. The van der Waals surface area contributed by atoms with E-state index in [1.165, 1.54) is 0 Å². The number of carbonyl (C=O) groups excluding carboxylic acids is 2. The number of hydrogen-bond acceptors (Lipinski definition) is 5. The summed E-state index contributed by atoms with van der Waals surface area (Å²) in [5, 5.41) is 3.67. The summed E-state index contributed by atoms with van der Waals surface area (Å²) >= 11 is 0. The first-order valence-electron chi connectivity index (χ1n) is 10.9. The fraction of sp³-hybridized carbons (Fsp3) is 0.214. The topological polar surface area (TPSA) is 61.8 Å². The van der Waals surface area contributed by atoms with Gasteiger partial charge in [0, 0.05) is 11.1 Å². The maximum Gasteiger partial charge on any atom is 0.513 e. The van der Waals surface area contributed by atoms with E-state index in [1.54, 1.807) is 19.1 Å². The van der Waals surface area contributed by atoms with Crippen molar-refractivity contribution < 1.29 is 23.8 Å². The van der Waals surface area contributed by atoms with Crippen LogP contribution in [0.25, 0.3) is 32.7 Å². The molecule has 0 aromatic heterocycles. The second-order valence-electron chi connectivity index (χ2n) is 8.74. The molecular formula is C28H26O5. The predicted molar refractivity (Wildman–Crippen MR) is 130 cm³/mol. The molecule has 0 fully saturated rings. The normalized spacial score (nSPS) is 11.4. The number of carbonyl (C=O) groups is 2. The van der Waals surface area contributed by atoms with E-state index in [0.29, 0.717) is 22.6 Å². The van der Waals surface area contributed by atoms with Crippen LogP contribution in [-0.2, 0) is 9.53 Å². The van der Waals surface area contributed by atoms with E-state index < -0.39 is 11.6 Å². The standard InChI is InChI=1S/C28H26O5/c1-5-31-27(30)33-23-17-15-19-11-7-9-13-21(19)25(23)24-20-12-8-6-10-18(20)14-16-22(24)32-26(29)28(2,3)4/h6-17H,5H2,1-4H3. The molecule has 0 aliphatic heterocycles. The van der Waals surface area contributed by atoms with Crippen molar-refractivity contribution in [2.75, 3.05) is 6.61 Å². The second kappa shape index (κ2) is 8.94. The van der Waals surface area contributed by atoms with E-state index >= 15 is 0 Å². The van der Waals surface area contributed by atoms with Crippen LogP contribution in [0.2, 0.25) is 0 Å². The Labute approximate surface area is 192 Å². The highest BCUT2D eigenvalue weighted by atomic mass is 16.7. The van der Waals surface area contributed by atoms with Crippen LogP contribution in [0.4, 0.5) is 4.79 Å². The van der Waals surface area contributed by atoms with E-state index in [1.807, 2.05) is 81.4 Å². The summed E-state index contributed by atoms with van der Waals surface area (Å²) in [6.45, 7) is 7.34. The van der Waals surface area contributed by atoms with Gasteiger partial charge in [0.1, 0.15) is 11.5 Å². The van der Waals surface area contributed by atoms with Crippen molar-refractivity contribution in [2.24, 2.45) is 5.41 Å². The molecule has 0 N–H and O–H groups in total. The fourth-order valence-electron chi connectivity index (χ4n) is 3.68. The molecule has 33 heavy (non-hydrogen) atoms. The number of benzene rings is 4. The molecule has 0 atom stereocenters. The monoisotopic (exact) mass is 442 g/mol. The van der Waals surface area contributed by atoms with Gasteiger partial charge in [-0.25, -0.2) is 4.79 Å². The van der Waals surface area contributed by atoms with E-state index in [2.05, 4.69) is 0 Å². The smallest absolute Gasteiger partial charge is 0.434 e. The number of rotatable bonds is 4. The molecule has 0 spiro atoms. The minimum Gasteiger partial charge on any atom is -0.434 e. The SMILES string of the molecule is CCOC(=O)Oc1ccc2ccccc2c1-c1c(OC(=O)C(C)(C)C)ccc2ccccc12. The third-order valence-corrected chi connectivity index (χ3v) is 5.30. The molecule has 0 bridgehead atoms. The van der Waals surface area contributed by atoms with Crippen LogP contribution in [0, 0.1) is 5.41 Å². The van der Waals surface area contributed by atoms with Gasteiger partial charge in [0.05, 0.1) is 12.0 Å². The maximum atomic E-state index is 12.8. The molecule has 4 rings (SSSR count). The zero-order valence-electron chi connectivity index (χ0n) is 19.2. The highest BCUT2D eigenvalue weighted by Crippen LogP contribution is 2.46. The molecular weight excluding hydrogens is 416 g/mol. The Morgan fingerprint density at radius 2 is 1.18 bits per heavy atom. The Hall–Kier alpha value is -3.86. The Morgan fingerprint density at radius 3 is 1.67 bits per heavy atom. The zero-order chi connectivity index (χ0) is 23.6. The zero-order valence-corrected chi connectivity index (χ0v) is 19.2. The Balaban J connectivity index is 2.04. The first-order chi connectivity index (χ1) is 15.8. The molecule has 5 nitrogen and oxygen atoms in total. The first-order valence-corrected chi connectivity index (χ1v) is 10.9. The third-order valence-electron chi connectivity index (χ3n) is 5.30. The lowest BCUT2D eigenvalue weighted by Gasteiger charge is -2.21.